The molecule has 0 aromatic heterocycles. The lowest BCUT2D eigenvalue weighted by molar-refractivity contribution is -0.131. The fourth-order valence-electron chi connectivity index (χ4n) is 2.78. The van der Waals surface area contributed by atoms with Crippen LogP contribution in [0, 0.1) is 5.82 Å². The Morgan fingerprint density at radius 1 is 1.07 bits per heavy atom. The quantitative estimate of drug-likeness (QED) is 0.780. The molecule has 2 aromatic carbocycles. The van der Waals surface area contributed by atoms with Gasteiger partial charge in [0, 0.05) is 18.2 Å². The van der Waals surface area contributed by atoms with Crippen LogP contribution in [0.15, 0.2) is 48.5 Å². The maximum atomic E-state index is 13.6. The van der Waals surface area contributed by atoms with E-state index < -0.39 is 17.6 Å². The summed E-state index contributed by atoms with van der Waals surface area (Å²) >= 11 is 0. The number of hydrogen-bond donors (Lipinski definition) is 2. The van der Waals surface area contributed by atoms with E-state index in [1.165, 1.54) is 18.2 Å². The van der Waals surface area contributed by atoms with Gasteiger partial charge in [-0.25, -0.2) is 4.39 Å². The van der Waals surface area contributed by atoms with Crippen LogP contribution in [-0.2, 0) is 11.3 Å². The van der Waals surface area contributed by atoms with Crippen molar-refractivity contribution in [2.45, 2.75) is 25.4 Å². The van der Waals surface area contributed by atoms with Crippen LogP contribution >= 0.6 is 0 Å². The van der Waals surface area contributed by atoms with Gasteiger partial charge in [-0.2, -0.15) is 0 Å². The van der Waals surface area contributed by atoms with E-state index in [2.05, 4.69) is 5.32 Å². The lowest BCUT2D eigenvalue weighted by Gasteiger charge is -2.23. The molecule has 0 atom stereocenters. The van der Waals surface area contributed by atoms with Crippen molar-refractivity contribution in [2.24, 2.45) is 5.73 Å². The predicted octanol–water partition coefficient (Wildman–Crippen LogP) is 1.85. The lowest BCUT2D eigenvalue weighted by Crippen LogP contribution is -2.41. The maximum Gasteiger partial charge on any atom is 0.254 e. The summed E-state index contributed by atoms with van der Waals surface area (Å²) in [6.45, 7) is 0.168. The normalized spacial score (nSPS) is 13.1. The number of rotatable bonds is 7. The molecule has 0 aliphatic heterocycles. The van der Waals surface area contributed by atoms with Crippen molar-refractivity contribution in [3.8, 4) is 0 Å². The van der Waals surface area contributed by atoms with Gasteiger partial charge in [-0.3, -0.25) is 14.4 Å². The zero-order valence-electron chi connectivity index (χ0n) is 14.7. The molecule has 7 heteroatoms. The van der Waals surface area contributed by atoms with E-state index in [9.17, 15) is 18.8 Å². The molecule has 1 aliphatic carbocycles. The van der Waals surface area contributed by atoms with Gasteiger partial charge < -0.3 is 16.0 Å². The number of hydrogen-bond acceptors (Lipinski definition) is 3. The summed E-state index contributed by atoms with van der Waals surface area (Å²) in [6, 6.07) is 12.5. The Morgan fingerprint density at radius 3 is 2.33 bits per heavy atom. The molecule has 1 aliphatic rings. The molecule has 0 radical (unpaired) electrons. The number of nitrogens with one attached hydrogen (secondary N) is 1. The first-order valence-electron chi connectivity index (χ1n) is 8.66. The highest BCUT2D eigenvalue weighted by molar-refractivity contribution is 5.96. The van der Waals surface area contributed by atoms with Crippen molar-refractivity contribution >= 4 is 17.7 Å². The lowest BCUT2D eigenvalue weighted by atomic mass is 10.1. The number of primary amides is 1. The van der Waals surface area contributed by atoms with Gasteiger partial charge in [0.05, 0.1) is 12.1 Å². The molecule has 3 amide bonds. The first-order valence-corrected chi connectivity index (χ1v) is 8.66. The van der Waals surface area contributed by atoms with Crippen LogP contribution < -0.4 is 11.1 Å². The van der Waals surface area contributed by atoms with Gasteiger partial charge in [-0.05, 0) is 42.7 Å². The van der Waals surface area contributed by atoms with E-state index in [1.54, 1.807) is 35.2 Å². The van der Waals surface area contributed by atoms with E-state index in [4.69, 9.17) is 5.73 Å². The Labute approximate surface area is 156 Å². The fourth-order valence-corrected chi connectivity index (χ4v) is 2.78. The van der Waals surface area contributed by atoms with Crippen LogP contribution in [0.1, 0.15) is 39.1 Å². The molecule has 140 valence electrons. The van der Waals surface area contributed by atoms with E-state index >= 15 is 0 Å². The highest BCUT2D eigenvalue weighted by Gasteiger charge is 2.32. The third kappa shape index (κ3) is 4.69. The van der Waals surface area contributed by atoms with E-state index in [-0.39, 0.29) is 24.1 Å². The van der Waals surface area contributed by atoms with Gasteiger partial charge >= 0.3 is 0 Å². The molecule has 0 spiro atoms. The molecule has 6 nitrogen and oxygen atoms in total. The molecule has 1 saturated carbocycles. The van der Waals surface area contributed by atoms with Crippen LogP contribution in [-0.4, -0.2) is 35.2 Å². The van der Waals surface area contributed by atoms with Crippen LogP contribution in [0.3, 0.4) is 0 Å². The number of nitrogens with two attached hydrogens (primary N) is 1. The highest BCUT2D eigenvalue weighted by atomic mass is 19.1. The third-order valence-electron chi connectivity index (χ3n) is 4.42. The largest absolute Gasteiger partial charge is 0.366 e. The van der Waals surface area contributed by atoms with Gasteiger partial charge in [0.1, 0.15) is 5.82 Å². The summed E-state index contributed by atoms with van der Waals surface area (Å²) < 4.78 is 13.6. The Hall–Kier alpha value is -3.22. The molecule has 0 saturated heterocycles. The van der Waals surface area contributed by atoms with Crippen LogP contribution in [0.5, 0.6) is 0 Å². The van der Waals surface area contributed by atoms with E-state index in [1.807, 2.05) is 0 Å². The van der Waals surface area contributed by atoms with Gasteiger partial charge in [0.25, 0.3) is 5.91 Å². The minimum atomic E-state index is -0.629. The number of benzene rings is 2. The summed E-state index contributed by atoms with van der Waals surface area (Å²) in [6.07, 6.45) is 1.82. The molecule has 3 rings (SSSR count). The molecule has 1 fully saturated rings. The number of halogens is 1. The second-order valence-corrected chi connectivity index (χ2v) is 6.48. The molecular weight excluding hydrogens is 349 g/mol. The standard InChI is InChI=1S/C20H20FN3O3/c21-17-4-2-1-3-16(17)20(27)23-11-18(25)24(15-9-10-15)12-13-5-7-14(8-6-13)19(22)26/h1-8,15H,9-12H2,(H2,22,26)(H,23,27). The Bertz CT molecular complexity index is 863. The van der Waals surface area contributed by atoms with Crippen molar-refractivity contribution in [2.75, 3.05) is 6.54 Å². The molecule has 3 N–H and O–H groups in total. The van der Waals surface area contributed by atoms with E-state index in [0.29, 0.717) is 12.1 Å². The second-order valence-electron chi connectivity index (χ2n) is 6.48. The number of carbonyl (C=O) groups is 3. The number of amides is 3. The smallest absolute Gasteiger partial charge is 0.254 e. The average Bonchev–Trinajstić information content (AvgIpc) is 3.49. The molecule has 0 bridgehead atoms. The minimum Gasteiger partial charge on any atom is -0.366 e. The molecule has 0 unspecified atom stereocenters. The number of carbonyl (C=O) groups excluding carboxylic acids is 3. The summed E-state index contributed by atoms with van der Waals surface area (Å²) in [5.74, 6) is -1.99. The summed E-state index contributed by atoms with van der Waals surface area (Å²) in [5, 5.41) is 2.48. The van der Waals surface area contributed by atoms with Gasteiger partial charge in [-0.15, -0.1) is 0 Å². The van der Waals surface area contributed by atoms with Crippen molar-refractivity contribution in [3.63, 3.8) is 0 Å². The zero-order valence-corrected chi connectivity index (χ0v) is 14.7. The highest BCUT2D eigenvalue weighted by Crippen LogP contribution is 2.28. The Kier molecular flexibility index (Phi) is 5.49. The molecule has 0 heterocycles. The van der Waals surface area contributed by atoms with E-state index in [0.717, 1.165) is 18.4 Å². The predicted molar refractivity (Wildman–Crippen MR) is 97.3 cm³/mol. The van der Waals surface area contributed by atoms with Crippen molar-refractivity contribution in [3.05, 3.63) is 71.0 Å². The van der Waals surface area contributed by atoms with Gasteiger partial charge in [0.2, 0.25) is 11.8 Å². The van der Waals surface area contributed by atoms with Gasteiger partial charge in [0.15, 0.2) is 0 Å². The fraction of sp³-hybridized carbons (Fsp3) is 0.250. The molecule has 2 aromatic rings. The third-order valence-corrected chi connectivity index (χ3v) is 4.42. The molecule has 27 heavy (non-hydrogen) atoms. The summed E-state index contributed by atoms with van der Waals surface area (Å²) in [4.78, 5) is 37.5. The minimum absolute atomic E-state index is 0.0923. The summed E-state index contributed by atoms with van der Waals surface area (Å²) in [5.41, 5.74) is 6.40. The number of nitrogens with zero attached hydrogens (tertiary/aromatic N) is 1. The zero-order chi connectivity index (χ0) is 19.4. The maximum absolute atomic E-state index is 13.6. The average molecular weight is 369 g/mol. The Balaban J connectivity index is 1.61. The molecular formula is C20H20FN3O3. The first kappa shape index (κ1) is 18.6. The van der Waals surface area contributed by atoms with Crippen molar-refractivity contribution in [1.29, 1.82) is 0 Å². The van der Waals surface area contributed by atoms with Gasteiger partial charge in [-0.1, -0.05) is 24.3 Å². The van der Waals surface area contributed by atoms with Crippen LogP contribution in [0.2, 0.25) is 0 Å². The van der Waals surface area contributed by atoms with Crippen molar-refractivity contribution < 1.29 is 18.8 Å². The Morgan fingerprint density at radius 2 is 1.74 bits per heavy atom. The topological polar surface area (TPSA) is 92.5 Å². The second kappa shape index (κ2) is 7.99. The van der Waals surface area contributed by atoms with Crippen LogP contribution in [0.4, 0.5) is 4.39 Å². The van der Waals surface area contributed by atoms with Crippen LogP contribution in [0.25, 0.3) is 0 Å². The summed E-state index contributed by atoms with van der Waals surface area (Å²) in [7, 11) is 0. The SMILES string of the molecule is NC(=O)c1ccc(CN(C(=O)CNC(=O)c2ccccc2F)C2CC2)cc1. The first-order chi connectivity index (χ1) is 13.0. The van der Waals surface area contributed by atoms with Crippen molar-refractivity contribution in [1.82, 2.24) is 10.2 Å². The monoisotopic (exact) mass is 369 g/mol.